The highest BCUT2D eigenvalue weighted by Crippen LogP contribution is 2.20. The Kier molecular flexibility index (Phi) is 2.33. The second-order valence-corrected chi connectivity index (χ2v) is 2.60. The Labute approximate surface area is 71.6 Å². The number of phenols is 1. The van der Waals surface area contributed by atoms with Crippen LogP contribution >= 0.6 is 0 Å². The van der Waals surface area contributed by atoms with Crippen molar-refractivity contribution in [2.75, 3.05) is 12.4 Å². The summed E-state index contributed by atoms with van der Waals surface area (Å²) in [7, 11) is 1.79. The van der Waals surface area contributed by atoms with E-state index in [1.54, 1.807) is 32.2 Å². The SMILES string of the molecule is CNc1ccc(O)cc1C(C)=N. The van der Waals surface area contributed by atoms with Gasteiger partial charge in [-0.3, -0.25) is 0 Å². The highest BCUT2D eigenvalue weighted by molar-refractivity contribution is 6.01. The van der Waals surface area contributed by atoms with Crippen molar-refractivity contribution in [2.24, 2.45) is 0 Å². The zero-order valence-electron chi connectivity index (χ0n) is 7.18. The summed E-state index contributed by atoms with van der Waals surface area (Å²) in [4.78, 5) is 0. The summed E-state index contributed by atoms with van der Waals surface area (Å²) in [5, 5.41) is 19.5. The first-order chi connectivity index (χ1) is 5.65. The lowest BCUT2D eigenvalue weighted by molar-refractivity contribution is 0.475. The molecule has 0 bridgehead atoms. The first-order valence-electron chi connectivity index (χ1n) is 3.71. The Hall–Kier alpha value is -1.51. The normalized spacial score (nSPS) is 9.50. The topological polar surface area (TPSA) is 56.1 Å². The molecule has 64 valence electrons. The van der Waals surface area contributed by atoms with Gasteiger partial charge in [0.05, 0.1) is 0 Å². The van der Waals surface area contributed by atoms with Crippen molar-refractivity contribution in [1.82, 2.24) is 0 Å². The van der Waals surface area contributed by atoms with E-state index in [1.165, 1.54) is 0 Å². The molecule has 0 fully saturated rings. The first-order valence-corrected chi connectivity index (χ1v) is 3.71. The summed E-state index contributed by atoms with van der Waals surface area (Å²) in [6.45, 7) is 1.69. The van der Waals surface area contributed by atoms with Crippen LogP contribution in [0.2, 0.25) is 0 Å². The van der Waals surface area contributed by atoms with Crippen LogP contribution in [0, 0.1) is 5.41 Å². The first kappa shape index (κ1) is 8.59. The van der Waals surface area contributed by atoms with E-state index in [2.05, 4.69) is 5.32 Å². The molecule has 12 heavy (non-hydrogen) atoms. The maximum absolute atomic E-state index is 9.16. The number of benzene rings is 1. The van der Waals surface area contributed by atoms with E-state index in [9.17, 15) is 0 Å². The molecule has 1 rings (SSSR count). The van der Waals surface area contributed by atoms with Crippen LogP contribution in [-0.2, 0) is 0 Å². The van der Waals surface area contributed by atoms with E-state index < -0.39 is 0 Å². The molecule has 0 spiro atoms. The molecule has 3 nitrogen and oxygen atoms in total. The predicted octanol–water partition coefficient (Wildman–Crippen LogP) is 1.82. The standard InChI is InChI=1S/C9H12N2O/c1-6(10)8-5-7(12)3-4-9(8)11-2/h3-5,10-12H,1-2H3. The quantitative estimate of drug-likeness (QED) is 0.461. The Morgan fingerprint density at radius 3 is 2.67 bits per heavy atom. The zero-order valence-corrected chi connectivity index (χ0v) is 7.18. The lowest BCUT2D eigenvalue weighted by Crippen LogP contribution is -1.99. The molecule has 3 N–H and O–H groups in total. The zero-order chi connectivity index (χ0) is 9.14. The molecule has 0 radical (unpaired) electrons. The van der Waals surface area contributed by atoms with Crippen molar-refractivity contribution < 1.29 is 5.11 Å². The van der Waals surface area contributed by atoms with Gasteiger partial charge in [-0.1, -0.05) is 0 Å². The van der Waals surface area contributed by atoms with E-state index in [0.717, 1.165) is 11.3 Å². The van der Waals surface area contributed by atoms with Crippen LogP contribution in [-0.4, -0.2) is 17.9 Å². The molecule has 0 aliphatic rings. The molecule has 0 saturated carbocycles. The average molecular weight is 164 g/mol. The molecule has 1 aromatic carbocycles. The Bertz CT molecular complexity index is 307. The van der Waals surface area contributed by atoms with Crippen LogP contribution in [0.5, 0.6) is 5.75 Å². The second kappa shape index (κ2) is 3.26. The largest absolute Gasteiger partial charge is 0.508 e. The van der Waals surface area contributed by atoms with Gasteiger partial charge in [0.1, 0.15) is 5.75 Å². The Morgan fingerprint density at radius 2 is 2.17 bits per heavy atom. The lowest BCUT2D eigenvalue weighted by atomic mass is 10.1. The minimum Gasteiger partial charge on any atom is -0.508 e. The lowest BCUT2D eigenvalue weighted by Gasteiger charge is -2.07. The molecule has 0 unspecified atom stereocenters. The average Bonchev–Trinajstić information content (AvgIpc) is 2.04. The van der Waals surface area contributed by atoms with Gasteiger partial charge in [0.25, 0.3) is 0 Å². The summed E-state index contributed by atoms with van der Waals surface area (Å²) < 4.78 is 0. The molecular weight excluding hydrogens is 152 g/mol. The van der Waals surface area contributed by atoms with Crippen LogP contribution in [0.25, 0.3) is 0 Å². The monoisotopic (exact) mass is 164 g/mol. The van der Waals surface area contributed by atoms with Crippen LogP contribution < -0.4 is 5.32 Å². The predicted molar refractivity (Wildman–Crippen MR) is 50.2 cm³/mol. The van der Waals surface area contributed by atoms with Gasteiger partial charge in [-0.2, -0.15) is 0 Å². The molecule has 1 aromatic rings. The summed E-state index contributed by atoms with van der Waals surface area (Å²) in [5.74, 6) is 0.190. The van der Waals surface area contributed by atoms with Crippen LogP contribution in [0.15, 0.2) is 18.2 Å². The maximum atomic E-state index is 9.16. The van der Waals surface area contributed by atoms with Crippen LogP contribution in [0.4, 0.5) is 5.69 Å². The molecule has 0 heterocycles. The van der Waals surface area contributed by atoms with E-state index >= 15 is 0 Å². The van der Waals surface area contributed by atoms with Crippen molar-refractivity contribution >= 4 is 11.4 Å². The molecule has 0 aromatic heterocycles. The molecule has 0 aliphatic carbocycles. The maximum Gasteiger partial charge on any atom is 0.116 e. The molecule has 0 atom stereocenters. The summed E-state index contributed by atoms with van der Waals surface area (Å²) >= 11 is 0. The minimum atomic E-state index is 0.190. The van der Waals surface area contributed by atoms with Gasteiger partial charge in [-0.25, -0.2) is 0 Å². The number of hydrogen-bond donors (Lipinski definition) is 3. The van der Waals surface area contributed by atoms with E-state index in [1.807, 2.05) is 0 Å². The highest BCUT2D eigenvalue weighted by Gasteiger charge is 2.03. The molecule has 3 heteroatoms. The third kappa shape index (κ3) is 1.56. The van der Waals surface area contributed by atoms with Gasteiger partial charge in [0, 0.05) is 24.0 Å². The number of hydrogen-bond acceptors (Lipinski definition) is 3. The summed E-state index contributed by atoms with van der Waals surface area (Å²) in [5.41, 5.74) is 2.04. The van der Waals surface area contributed by atoms with Crippen LogP contribution in [0.1, 0.15) is 12.5 Å². The van der Waals surface area contributed by atoms with Gasteiger partial charge >= 0.3 is 0 Å². The second-order valence-electron chi connectivity index (χ2n) is 2.60. The van der Waals surface area contributed by atoms with Crippen LogP contribution in [0.3, 0.4) is 0 Å². The fourth-order valence-electron chi connectivity index (χ4n) is 1.06. The smallest absolute Gasteiger partial charge is 0.116 e. The number of anilines is 1. The van der Waals surface area contributed by atoms with Gasteiger partial charge in [0.15, 0.2) is 0 Å². The molecule has 0 saturated heterocycles. The van der Waals surface area contributed by atoms with Gasteiger partial charge in [0.2, 0.25) is 0 Å². The third-order valence-corrected chi connectivity index (χ3v) is 1.68. The minimum absolute atomic E-state index is 0.190. The molecule has 0 aliphatic heterocycles. The third-order valence-electron chi connectivity index (χ3n) is 1.68. The summed E-state index contributed by atoms with van der Waals surface area (Å²) in [6, 6.07) is 4.93. The van der Waals surface area contributed by atoms with Crippen molar-refractivity contribution in [3.05, 3.63) is 23.8 Å². The van der Waals surface area contributed by atoms with E-state index in [-0.39, 0.29) is 5.75 Å². The Morgan fingerprint density at radius 1 is 1.50 bits per heavy atom. The molecular formula is C9H12N2O. The number of aromatic hydroxyl groups is 1. The molecule has 0 amide bonds. The van der Waals surface area contributed by atoms with E-state index in [4.69, 9.17) is 10.5 Å². The van der Waals surface area contributed by atoms with Gasteiger partial charge < -0.3 is 15.8 Å². The van der Waals surface area contributed by atoms with E-state index in [0.29, 0.717) is 5.71 Å². The van der Waals surface area contributed by atoms with Crippen molar-refractivity contribution in [2.45, 2.75) is 6.92 Å². The summed E-state index contributed by atoms with van der Waals surface area (Å²) in [6.07, 6.45) is 0. The van der Waals surface area contributed by atoms with Crippen molar-refractivity contribution in [3.8, 4) is 5.75 Å². The van der Waals surface area contributed by atoms with Crippen molar-refractivity contribution in [3.63, 3.8) is 0 Å². The number of rotatable bonds is 2. The van der Waals surface area contributed by atoms with Gasteiger partial charge in [-0.05, 0) is 25.1 Å². The number of nitrogens with one attached hydrogen (secondary N) is 2. The fraction of sp³-hybridized carbons (Fsp3) is 0.222. The highest BCUT2D eigenvalue weighted by atomic mass is 16.3. The van der Waals surface area contributed by atoms with Crippen molar-refractivity contribution in [1.29, 1.82) is 5.41 Å². The van der Waals surface area contributed by atoms with Gasteiger partial charge in [-0.15, -0.1) is 0 Å². The number of phenolic OH excluding ortho intramolecular Hbond substituents is 1. The fourth-order valence-corrected chi connectivity index (χ4v) is 1.06. The Balaban J connectivity index is 3.21.